The molecule has 2 fully saturated rings. The summed E-state index contributed by atoms with van der Waals surface area (Å²) in [4.78, 5) is 22.2. The highest BCUT2D eigenvalue weighted by molar-refractivity contribution is 5.78. The van der Waals surface area contributed by atoms with Gasteiger partial charge in [0.15, 0.2) is 0 Å². The minimum absolute atomic E-state index is 0.0515. The lowest BCUT2D eigenvalue weighted by atomic mass is 9.81. The fraction of sp³-hybridized carbons (Fsp3) is 0.385. The van der Waals surface area contributed by atoms with Crippen molar-refractivity contribution in [3.63, 3.8) is 0 Å². The molecule has 1 saturated heterocycles. The largest absolute Gasteiger partial charge is 0.487 e. The highest BCUT2D eigenvalue weighted by Gasteiger charge is 2.51. The number of hydroxylamine groups is 2. The minimum atomic E-state index is -0.596. The molecule has 6 heteroatoms. The van der Waals surface area contributed by atoms with Gasteiger partial charge in [0, 0.05) is 5.39 Å². The van der Waals surface area contributed by atoms with Gasteiger partial charge in [-0.25, -0.2) is 9.78 Å². The lowest BCUT2D eigenvalue weighted by molar-refractivity contribution is -0.142. The summed E-state index contributed by atoms with van der Waals surface area (Å²) in [6, 6.07) is 20.3. The van der Waals surface area contributed by atoms with E-state index in [1.807, 2.05) is 36.4 Å². The number of benzene rings is 2. The predicted molar refractivity (Wildman–Crippen MR) is 121 cm³/mol. The lowest BCUT2D eigenvalue weighted by Crippen LogP contribution is -2.26. The highest BCUT2D eigenvalue weighted by Crippen LogP contribution is 2.45. The summed E-state index contributed by atoms with van der Waals surface area (Å²) in [7, 11) is 1.40. The molecule has 2 heterocycles. The normalized spacial score (nSPS) is 21.8. The zero-order valence-electron chi connectivity index (χ0n) is 18.3. The fourth-order valence-corrected chi connectivity index (χ4v) is 4.73. The summed E-state index contributed by atoms with van der Waals surface area (Å²) in [5.41, 5.74) is 3.00. The number of pyridine rings is 1. The van der Waals surface area contributed by atoms with Crippen molar-refractivity contribution in [2.24, 2.45) is 5.92 Å². The molecular formula is C26H28N2O4. The van der Waals surface area contributed by atoms with Gasteiger partial charge in [-0.3, -0.25) is 4.84 Å². The van der Waals surface area contributed by atoms with Crippen molar-refractivity contribution >= 4 is 16.9 Å². The van der Waals surface area contributed by atoms with E-state index >= 15 is 0 Å². The van der Waals surface area contributed by atoms with Crippen molar-refractivity contribution < 1.29 is 19.1 Å². The number of methoxy groups -OCH3 is 1. The maximum Gasteiger partial charge on any atom is 0.354 e. The number of nitrogens with zero attached hydrogens (tertiary/aromatic N) is 2. The van der Waals surface area contributed by atoms with Crippen molar-refractivity contribution in [2.45, 2.75) is 51.0 Å². The second-order valence-electron chi connectivity index (χ2n) is 8.54. The van der Waals surface area contributed by atoms with E-state index in [0.29, 0.717) is 12.5 Å². The van der Waals surface area contributed by atoms with Crippen molar-refractivity contribution in [3.05, 3.63) is 71.9 Å². The monoisotopic (exact) mass is 432 g/mol. The predicted octanol–water partition coefficient (Wildman–Crippen LogP) is 5.18. The molecule has 0 amide bonds. The summed E-state index contributed by atoms with van der Waals surface area (Å²) in [6.45, 7) is 0.413. The maximum atomic E-state index is 11.9. The fourth-order valence-electron chi connectivity index (χ4n) is 4.73. The van der Waals surface area contributed by atoms with Crippen LogP contribution in [0.3, 0.4) is 0 Å². The number of rotatable bonds is 7. The van der Waals surface area contributed by atoms with Gasteiger partial charge in [-0.1, -0.05) is 55.7 Å². The third-order valence-electron chi connectivity index (χ3n) is 6.44. The second-order valence-corrected chi connectivity index (χ2v) is 8.54. The highest BCUT2D eigenvalue weighted by atomic mass is 16.9. The van der Waals surface area contributed by atoms with Gasteiger partial charge >= 0.3 is 5.97 Å². The Morgan fingerprint density at radius 1 is 1.06 bits per heavy atom. The smallest absolute Gasteiger partial charge is 0.354 e. The van der Waals surface area contributed by atoms with E-state index in [4.69, 9.17) is 14.3 Å². The average molecular weight is 433 g/mol. The molecule has 1 aliphatic heterocycles. The van der Waals surface area contributed by atoms with E-state index in [0.717, 1.165) is 40.8 Å². The zero-order chi connectivity index (χ0) is 21.9. The van der Waals surface area contributed by atoms with Crippen molar-refractivity contribution in [3.8, 4) is 5.75 Å². The van der Waals surface area contributed by atoms with Crippen molar-refractivity contribution in [1.82, 2.24) is 10.0 Å². The topological polar surface area (TPSA) is 64.0 Å². The van der Waals surface area contributed by atoms with Crippen LogP contribution in [0.25, 0.3) is 10.9 Å². The quantitative estimate of drug-likeness (QED) is 0.379. The molecule has 2 aromatic carbocycles. The number of ether oxygens (including phenoxy) is 2. The first kappa shape index (κ1) is 20.9. The van der Waals surface area contributed by atoms with E-state index < -0.39 is 6.23 Å². The molecule has 0 spiro atoms. The third-order valence-corrected chi connectivity index (χ3v) is 6.44. The SMILES string of the molecule is COC(=O)C1ON1C(c1ccc(OCc2ccc3ccccc3n2)cc1)C1CCCCC1. The second kappa shape index (κ2) is 9.27. The number of carbonyl (C=O) groups excluding carboxylic acids is 1. The van der Waals surface area contributed by atoms with Crippen LogP contribution in [0.4, 0.5) is 0 Å². The number of esters is 1. The van der Waals surface area contributed by atoms with Crippen LogP contribution in [0.2, 0.25) is 0 Å². The molecule has 0 bridgehead atoms. The van der Waals surface area contributed by atoms with E-state index in [1.165, 1.54) is 26.4 Å². The van der Waals surface area contributed by atoms with Crippen molar-refractivity contribution in [1.29, 1.82) is 0 Å². The Balaban J connectivity index is 1.28. The van der Waals surface area contributed by atoms with E-state index in [9.17, 15) is 4.79 Å². The summed E-state index contributed by atoms with van der Waals surface area (Å²) in [5, 5.41) is 2.92. The first-order valence-corrected chi connectivity index (χ1v) is 11.3. The van der Waals surface area contributed by atoms with Gasteiger partial charge in [0.2, 0.25) is 0 Å². The molecule has 1 aromatic heterocycles. The van der Waals surface area contributed by atoms with Crippen molar-refractivity contribution in [2.75, 3.05) is 7.11 Å². The molecule has 3 unspecified atom stereocenters. The van der Waals surface area contributed by atoms with Crippen LogP contribution in [-0.2, 0) is 21.0 Å². The number of aromatic nitrogens is 1. The number of carbonyl (C=O) groups is 1. The van der Waals surface area contributed by atoms with Gasteiger partial charge in [0.05, 0.1) is 24.4 Å². The number of para-hydroxylation sites is 1. The van der Waals surface area contributed by atoms with Gasteiger partial charge in [-0.05, 0) is 48.6 Å². The van der Waals surface area contributed by atoms with Gasteiger partial charge in [0.25, 0.3) is 6.23 Å². The van der Waals surface area contributed by atoms with Crippen LogP contribution < -0.4 is 4.74 Å². The Kier molecular flexibility index (Phi) is 6.06. The number of hydrogen-bond donors (Lipinski definition) is 0. The molecule has 0 N–H and O–H groups in total. The Bertz CT molecular complexity index is 1080. The van der Waals surface area contributed by atoms with Crippen LogP contribution in [0.5, 0.6) is 5.75 Å². The zero-order valence-corrected chi connectivity index (χ0v) is 18.3. The molecule has 6 nitrogen and oxygen atoms in total. The summed E-state index contributed by atoms with van der Waals surface area (Å²) < 4.78 is 10.9. The van der Waals surface area contributed by atoms with Gasteiger partial charge in [-0.2, -0.15) is 0 Å². The molecule has 1 saturated carbocycles. The molecule has 32 heavy (non-hydrogen) atoms. The Hall–Kier alpha value is -2.96. The van der Waals surface area contributed by atoms with Crippen LogP contribution in [0.1, 0.15) is 49.4 Å². The van der Waals surface area contributed by atoms with Gasteiger partial charge in [0.1, 0.15) is 12.4 Å². The molecule has 0 radical (unpaired) electrons. The molecule has 166 valence electrons. The molecule has 5 rings (SSSR count). The number of hydrogen-bond acceptors (Lipinski definition) is 6. The lowest BCUT2D eigenvalue weighted by Gasteiger charge is -2.30. The maximum absolute atomic E-state index is 11.9. The molecular weight excluding hydrogens is 404 g/mol. The molecule has 2 aliphatic rings. The van der Waals surface area contributed by atoms with Crippen LogP contribution >= 0.6 is 0 Å². The van der Waals surface area contributed by atoms with Crippen LogP contribution in [0.15, 0.2) is 60.7 Å². The first-order chi connectivity index (χ1) is 15.7. The standard InChI is InChI=1S/C26H28N2O4/c1-30-26(29)25-28(32-25)24(19-8-3-2-4-9-19)20-12-15-22(16-13-20)31-17-21-14-11-18-7-5-6-10-23(18)27-21/h5-7,10-16,19,24-25H,2-4,8-9,17H2,1H3. The summed E-state index contributed by atoms with van der Waals surface area (Å²) in [6.07, 6.45) is 5.41. The van der Waals surface area contributed by atoms with Crippen LogP contribution in [0, 0.1) is 5.92 Å². The summed E-state index contributed by atoms with van der Waals surface area (Å²) >= 11 is 0. The van der Waals surface area contributed by atoms with E-state index in [2.05, 4.69) is 29.2 Å². The number of fused-ring (bicyclic) bond motifs is 1. The summed E-state index contributed by atoms with van der Waals surface area (Å²) in [5.74, 6) is 0.919. The molecule has 1 aliphatic carbocycles. The third kappa shape index (κ3) is 4.47. The average Bonchev–Trinajstić information content (AvgIpc) is 3.64. The van der Waals surface area contributed by atoms with Crippen LogP contribution in [-0.4, -0.2) is 29.4 Å². The molecule has 3 atom stereocenters. The minimum Gasteiger partial charge on any atom is -0.487 e. The Morgan fingerprint density at radius 2 is 1.84 bits per heavy atom. The molecule has 3 aromatic rings. The Labute approximate surface area is 188 Å². The van der Waals surface area contributed by atoms with Gasteiger partial charge < -0.3 is 9.47 Å². The van der Waals surface area contributed by atoms with Gasteiger partial charge in [-0.15, -0.1) is 5.06 Å². The first-order valence-electron chi connectivity index (χ1n) is 11.3. The Morgan fingerprint density at radius 3 is 2.62 bits per heavy atom. The van der Waals surface area contributed by atoms with E-state index in [-0.39, 0.29) is 12.0 Å². The van der Waals surface area contributed by atoms with E-state index in [1.54, 1.807) is 5.06 Å².